The molecule has 0 spiro atoms. The fraction of sp³-hybridized carbons (Fsp3) is 0.368. The zero-order valence-corrected chi connectivity index (χ0v) is 15.6. The maximum absolute atomic E-state index is 4.83. The lowest BCUT2D eigenvalue weighted by Gasteiger charge is -2.11. The molecule has 1 aliphatic carbocycles. The van der Waals surface area contributed by atoms with Crippen molar-refractivity contribution in [1.82, 2.24) is 39.9 Å². The van der Waals surface area contributed by atoms with Gasteiger partial charge in [-0.1, -0.05) is 12.8 Å². The van der Waals surface area contributed by atoms with E-state index in [2.05, 4.69) is 30.6 Å². The van der Waals surface area contributed by atoms with Crippen LogP contribution in [0.4, 0.5) is 5.82 Å². The molecule has 1 fully saturated rings. The summed E-state index contributed by atoms with van der Waals surface area (Å²) in [5, 5.41) is 15.9. The van der Waals surface area contributed by atoms with Crippen LogP contribution in [-0.4, -0.2) is 39.9 Å². The molecule has 0 amide bonds. The van der Waals surface area contributed by atoms with Crippen molar-refractivity contribution in [1.29, 1.82) is 0 Å². The van der Waals surface area contributed by atoms with Crippen molar-refractivity contribution in [2.24, 2.45) is 7.05 Å². The summed E-state index contributed by atoms with van der Waals surface area (Å²) >= 11 is 0. The van der Waals surface area contributed by atoms with Crippen LogP contribution in [0, 0.1) is 0 Å². The highest BCUT2D eigenvalue weighted by atomic mass is 15.3. The Labute approximate surface area is 161 Å². The Hall–Kier alpha value is -3.36. The van der Waals surface area contributed by atoms with Gasteiger partial charge in [-0.2, -0.15) is 10.2 Å². The first-order chi connectivity index (χ1) is 13.8. The first kappa shape index (κ1) is 16.8. The Kier molecular flexibility index (Phi) is 4.19. The molecule has 142 valence electrons. The van der Waals surface area contributed by atoms with Gasteiger partial charge in [-0.3, -0.25) is 14.8 Å². The normalized spacial score (nSPS) is 14.8. The van der Waals surface area contributed by atoms with Crippen molar-refractivity contribution in [2.45, 2.75) is 38.1 Å². The second-order valence-corrected chi connectivity index (χ2v) is 7.11. The molecule has 0 unspecified atom stereocenters. The minimum Gasteiger partial charge on any atom is -0.362 e. The third-order valence-corrected chi connectivity index (χ3v) is 5.22. The number of aromatic nitrogens is 8. The molecule has 2 N–H and O–H groups in total. The summed E-state index contributed by atoms with van der Waals surface area (Å²) in [7, 11) is 1.91. The molecule has 0 aromatic carbocycles. The minimum absolute atomic E-state index is 0.434. The standard InChI is InChI=1S/C19H21N9/c1-28-19-14(10-22-28)18(24-16(25-19)12-4-2-3-5-12)21-11-15-23-17(27-26-15)13-6-8-20-9-7-13/h6-10,12H,2-5,11H2,1H3,(H,21,24,25)(H,23,26,27). The van der Waals surface area contributed by atoms with Gasteiger partial charge in [-0.05, 0) is 25.0 Å². The fourth-order valence-corrected chi connectivity index (χ4v) is 3.71. The number of aryl methyl sites for hydroxylation is 1. The molecule has 0 saturated heterocycles. The van der Waals surface area contributed by atoms with Crippen LogP contribution < -0.4 is 5.32 Å². The van der Waals surface area contributed by atoms with E-state index >= 15 is 0 Å². The monoisotopic (exact) mass is 375 g/mol. The average Bonchev–Trinajstić information content (AvgIpc) is 3.49. The van der Waals surface area contributed by atoms with Crippen molar-refractivity contribution in [3.63, 3.8) is 0 Å². The van der Waals surface area contributed by atoms with Gasteiger partial charge in [0.05, 0.1) is 18.1 Å². The van der Waals surface area contributed by atoms with Crippen LogP contribution in [0.1, 0.15) is 43.3 Å². The van der Waals surface area contributed by atoms with Crippen LogP contribution in [0.25, 0.3) is 22.4 Å². The summed E-state index contributed by atoms with van der Waals surface area (Å²) in [6.45, 7) is 0.489. The number of pyridine rings is 1. The first-order valence-electron chi connectivity index (χ1n) is 9.53. The SMILES string of the molecule is Cn1ncc2c(NCc3nc(-c4ccncc4)n[nH]3)nc(C3CCCC3)nc21. The number of rotatable bonds is 5. The van der Waals surface area contributed by atoms with Crippen molar-refractivity contribution in [3.05, 3.63) is 42.4 Å². The van der Waals surface area contributed by atoms with Crippen molar-refractivity contribution < 1.29 is 0 Å². The average molecular weight is 375 g/mol. The smallest absolute Gasteiger partial charge is 0.181 e. The van der Waals surface area contributed by atoms with Gasteiger partial charge in [0.15, 0.2) is 11.5 Å². The topological polar surface area (TPSA) is 110 Å². The van der Waals surface area contributed by atoms with Gasteiger partial charge < -0.3 is 5.32 Å². The molecule has 4 aromatic heterocycles. The van der Waals surface area contributed by atoms with Crippen LogP contribution in [0.2, 0.25) is 0 Å². The first-order valence-corrected chi connectivity index (χ1v) is 9.53. The Morgan fingerprint density at radius 1 is 1.14 bits per heavy atom. The van der Waals surface area contributed by atoms with Gasteiger partial charge in [0.1, 0.15) is 17.5 Å². The van der Waals surface area contributed by atoms with Gasteiger partial charge in [0.25, 0.3) is 0 Å². The highest BCUT2D eigenvalue weighted by Gasteiger charge is 2.22. The van der Waals surface area contributed by atoms with Gasteiger partial charge in [-0.15, -0.1) is 0 Å². The van der Waals surface area contributed by atoms with Crippen LogP contribution in [-0.2, 0) is 13.6 Å². The van der Waals surface area contributed by atoms with E-state index in [9.17, 15) is 0 Å². The zero-order valence-electron chi connectivity index (χ0n) is 15.6. The Bertz CT molecular complexity index is 1090. The second-order valence-electron chi connectivity index (χ2n) is 7.11. The highest BCUT2D eigenvalue weighted by Crippen LogP contribution is 2.34. The molecular formula is C19H21N9. The molecule has 9 heteroatoms. The zero-order chi connectivity index (χ0) is 18.9. The molecule has 9 nitrogen and oxygen atoms in total. The van der Waals surface area contributed by atoms with Crippen molar-refractivity contribution >= 4 is 16.9 Å². The number of nitrogens with zero attached hydrogens (tertiary/aromatic N) is 7. The van der Waals surface area contributed by atoms with Gasteiger partial charge in [0, 0.05) is 30.9 Å². The lowest BCUT2D eigenvalue weighted by atomic mass is 10.1. The summed E-state index contributed by atoms with van der Waals surface area (Å²) in [5.41, 5.74) is 1.78. The number of hydrogen-bond acceptors (Lipinski definition) is 7. The van der Waals surface area contributed by atoms with E-state index in [0.29, 0.717) is 18.3 Å². The van der Waals surface area contributed by atoms with Crippen LogP contribution in [0.3, 0.4) is 0 Å². The Morgan fingerprint density at radius 3 is 2.79 bits per heavy atom. The van der Waals surface area contributed by atoms with Crippen LogP contribution in [0.15, 0.2) is 30.7 Å². The van der Waals surface area contributed by atoms with Crippen molar-refractivity contribution in [2.75, 3.05) is 5.32 Å². The number of nitrogens with one attached hydrogen (secondary N) is 2. The van der Waals surface area contributed by atoms with Gasteiger partial charge in [-0.25, -0.2) is 15.0 Å². The third-order valence-electron chi connectivity index (χ3n) is 5.22. The maximum atomic E-state index is 4.83. The van der Waals surface area contributed by atoms with E-state index in [1.54, 1.807) is 23.3 Å². The molecule has 0 aliphatic heterocycles. The number of aromatic amines is 1. The second kappa shape index (κ2) is 6.99. The maximum Gasteiger partial charge on any atom is 0.181 e. The number of fused-ring (bicyclic) bond motifs is 1. The fourth-order valence-electron chi connectivity index (χ4n) is 3.71. The Morgan fingerprint density at radius 2 is 1.96 bits per heavy atom. The summed E-state index contributed by atoms with van der Waals surface area (Å²) in [6.07, 6.45) is 10.1. The summed E-state index contributed by atoms with van der Waals surface area (Å²) in [5.74, 6) is 3.53. The van der Waals surface area contributed by atoms with Gasteiger partial charge >= 0.3 is 0 Å². The minimum atomic E-state index is 0.434. The summed E-state index contributed by atoms with van der Waals surface area (Å²) < 4.78 is 1.80. The molecule has 5 rings (SSSR count). The molecule has 0 atom stereocenters. The van der Waals surface area contributed by atoms with E-state index in [-0.39, 0.29) is 0 Å². The molecule has 1 saturated carbocycles. The van der Waals surface area contributed by atoms with Gasteiger partial charge in [0.2, 0.25) is 0 Å². The predicted molar refractivity (Wildman–Crippen MR) is 104 cm³/mol. The predicted octanol–water partition coefficient (Wildman–Crippen LogP) is 2.81. The van der Waals surface area contributed by atoms with E-state index in [4.69, 9.17) is 9.97 Å². The number of anilines is 1. The molecule has 28 heavy (non-hydrogen) atoms. The van der Waals surface area contributed by atoms with Crippen LogP contribution in [0.5, 0.6) is 0 Å². The highest BCUT2D eigenvalue weighted by molar-refractivity contribution is 5.86. The molecule has 0 bridgehead atoms. The molecule has 4 heterocycles. The molecular weight excluding hydrogens is 354 g/mol. The van der Waals surface area contributed by atoms with E-state index < -0.39 is 0 Å². The summed E-state index contributed by atoms with van der Waals surface area (Å²) in [4.78, 5) is 18.2. The van der Waals surface area contributed by atoms with Crippen molar-refractivity contribution in [3.8, 4) is 11.4 Å². The third kappa shape index (κ3) is 3.08. The van der Waals surface area contributed by atoms with E-state index in [1.807, 2.05) is 19.2 Å². The number of H-pyrrole nitrogens is 1. The Balaban J connectivity index is 1.41. The summed E-state index contributed by atoms with van der Waals surface area (Å²) in [6, 6.07) is 3.77. The van der Waals surface area contributed by atoms with E-state index in [1.165, 1.54) is 12.8 Å². The lowest BCUT2D eigenvalue weighted by Crippen LogP contribution is -2.09. The lowest BCUT2D eigenvalue weighted by molar-refractivity contribution is 0.667. The molecule has 0 radical (unpaired) electrons. The quantitative estimate of drug-likeness (QED) is 0.552. The largest absolute Gasteiger partial charge is 0.362 e. The van der Waals surface area contributed by atoms with Crippen LogP contribution >= 0.6 is 0 Å². The molecule has 4 aromatic rings. The number of hydrogen-bond donors (Lipinski definition) is 2. The molecule has 1 aliphatic rings. The van der Waals surface area contributed by atoms with E-state index in [0.717, 1.165) is 46.9 Å².